The third-order valence-electron chi connectivity index (χ3n) is 3.15. The second kappa shape index (κ2) is 4.66. The Morgan fingerprint density at radius 1 is 1.60 bits per heavy atom. The van der Waals surface area contributed by atoms with E-state index < -0.39 is 0 Å². The Kier molecular flexibility index (Phi) is 3.26. The number of aromatic amines is 1. The fourth-order valence-electron chi connectivity index (χ4n) is 2.11. The van der Waals surface area contributed by atoms with Crippen molar-refractivity contribution in [2.75, 3.05) is 13.1 Å². The molecule has 84 valence electrons. The predicted molar refractivity (Wildman–Crippen MR) is 60.0 cm³/mol. The molecule has 0 radical (unpaired) electrons. The van der Waals surface area contributed by atoms with Crippen LogP contribution in [0.4, 0.5) is 0 Å². The summed E-state index contributed by atoms with van der Waals surface area (Å²) in [6, 6.07) is 1.70. The van der Waals surface area contributed by atoms with Gasteiger partial charge in [-0.25, -0.2) is 0 Å². The first-order valence-corrected chi connectivity index (χ1v) is 5.79. The van der Waals surface area contributed by atoms with Crippen LogP contribution >= 0.6 is 0 Å². The molecule has 0 aliphatic carbocycles. The van der Waals surface area contributed by atoms with Gasteiger partial charge >= 0.3 is 0 Å². The van der Waals surface area contributed by atoms with E-state index in [1.165, 1.54) is 6.42 Å². The minimum atomic E-state index is 0.109. The monoisotopic (exact) mass is 209 g/mol. The lowest BCUT2D eigenvalue weighted by atomic mass is 10.1. The molecule has 1 unspecified atom stereocenters. The molecule has 1 aromatic rings. The van der Waals surface area contributed by atoms with E-state index in [2.05, 4.69) is 17.3 Å². The lowest BCUT2D eigenvalue weighted by Gasteiger charge is -2.07. The number of aryl methyl sites for hydroxylation is 2. The molecule has 1 aliphatic heterocycles. The third-order valence-corrected chi connectivity index (χ3v) is 3.15. The van der Waals surface area contributed by atoms with Crippen molar-refractivity contribution in [3.8, 4) is 0 Å². The summed E-state index contributed by atoms with van der Waals surface area (Å²) in [6.07, 6.45) is 3.24. The summed E-state index contributed by atoms with van der Waals surface area (Å²) < 4.78 is 1.73. The largest absolute Gasteiger partial charge is 0.316 e. The molecule has 1 aromatic heterocycles. The normalized spacial score (nSPS) is 21.0. The molecule has 2 rings (SSSR count). The van der Waals surface area contributed by atoms with E-state index in [4.69, 9.17) is 0 Å². The van der Waals surface area contributed by atoms with Crippen LogP contribution in [0.1, 0.15) is 25.5 Å². The first-order chi connectivity index (χ1) is 7.29. The number of aromatic nitrogens is 2. The van der Waals surface area contributed by atoms with Crippen LogP contribution in [0.5, 0.6) is 0 Å². The fraction of sp³-hybridized carbons (Fsp3) is 0.727. The molecule has 1 atom stereocenters. The minimum absolute atomic E-state index is 0.109. The Bertz CT molecular complexity index is 360. The molecule has 4 heteroatoms. The Morgan fingerprint density at radius 3 is 3.07 bits per heavy atom. The van der Waals surface area contributed by atoms with Crippen LogP contribution in [-0.2, 0) is 13.0 Å². The van der Waals surface area contributed by atoms with Crippen LogP contribution in [0.25, 0.3) is 0 Å². The van der Waals surface area contributed by atoms with E-state index in [1.807, 2.05) is 0 Å². The standard InChI is InChI=1S/C11H19N3O/c1-2-10-7-11(15)14(13-10)6-4-9-3-5-12-8-9/h7,9,12-13H,2-6,8H2,1H3. The van der Waals surface area contributed by atoms with Gasteiger partial charge in [-0.2, -0.15) is 0 Å². The third kappa shape index (κ3) is 2.50. The van der Waals surface area contributed by atoms with Crippen molar-refractivity contribution in [3.63, 3.8) is 0 Å². The number of H-pyrrole nitrogens is 1. The van der Waals surface area contributed by atoms with Gasteiger partial charge in [0.1, 0.15) is 0 Å². The molecule has 2 heterocycles. The second-order valence-electron chi connectivity index (χ2n) is 4.27. The molecule has 2 N–H and O–H groups in total. The van der Waals surface area contributed by atoms with Gasteiger partial charge in [0, 0.05) is 18.3 Å². The first kappa shape index (κ1) is 10.5. The van der Waals surface area contributed by atoms with Crippen molar-refractivity contribution in [1.82, 2.24) is 15.1 Å². The van der Waals surface area contributed by atoms with E-state index in [-0.39, 0.29) is 5.56 Å². The highest BCUT2D eigenvalue weighted by Crippen LogP contribution is 2.12. The summed E-state index contributed by atoms with van der Waals surface area (Å²) >= 11 is 0. The molecule has 0 aromatic carbocycles. The first-order valence-electron chi connectivity index (χ1n) is 5.79. The number of hydrogen-bond acceptors (Lipinski definition) is 2. The Morgan fingerprint density at radius 2 is 2.47 bits per heavy atom. The summed E-state index contributed by atoms with van der Waals surface area (Å²) in [4.78, 5) is 11.5. The molecule has 0 saturated carbocycles. The van der Waals surface area contributed by atoms with E-state index in [9.17, 15) is 4.79 Å². The van der Waals surface area contributed by atoms with Crippen molar-refractivity contribution >= 4 is 0 Å². The van der Waals surface area contributed by atoms with E-state index in [0.717, 1.165) is 44.1 Å². The fourth-order valence-corrected chi connectivity index (χ4v) is 2.11. The van der Waals surface area contributed by atoms with Crippen molar-refractivity contribution in [2.45, 2.75) is 32.7 Å². The van der Waals surface area contributed by atoms with Crippen LogP contribution in [0.2, 0.25) is 0 Å². The summed E-state index contributed by atoms with van der Waals surface area (Å²) in [6.45, 7) is 5.11. The maximum atomic E-state index is 11.5. The number of hydrogen-bond donors (Lipinski definition) is 2. The summed E-state index contributed by atoms with van der Waals surface area (Å²) in [5.74, 6) is 0.741. The van der Waals surface area contributed by atoms with Gasteiger partial charge in [0.2, 0.25) is 0 Å². The highest BCUT2D eigenvalue weighted by molar-refractivity contribution is 4.98. The molecule has 0 bridgehead atoms. The maximum absolute atomic E-state index is 11.5. The van der Waals surface area contributed by atoms with E-state index in [1.54, 1.807) is 10.7 Å². The van der Waals surface area contributed by atoms with Gasteiger partial charge in [-0.3, -0.25) is 14.6 Å². The maximum Gasteiger partial charge on any atom is 0.266 e. The van der Waals surface area contributed by atoms with Gasteiger partial charge in [0.15, 0.2) is 0 Å². The van der Waals surface area contributed by atoms with Gasteiger partial charge in [-0.05, 0) is 38.3 Å². The van der Waals surface area contributed by atoms with Gasteiger partial charge in [0.05, 0.1) is 0 Å². The van der Waals surface area contributed by atoms with Gasteiger partial charge in [-0.1, -0.05) is 6.92 Å². The van der Waals surface area contributed by atoms with Crippen LogP contribution in [0.15, 0.2) is 10.9 Å². The summed E-state index contributed by atoms with van der Waals surface area (Å²) in [5, 5.41) is 6.48. The van der Waals surface area contributed by atoms with Gasteiger partial charge in [0.25, 0.3) is 5.56 Å². The zero-order valence-electron chi connectivity index (χ0n) is 9.25. The highest BCUT2D eigenvalue weighted by atomic mass is 16.1. The lowest BCUT2D eigenvalue weighted by Crippen LogP contribution is -2.18. The molecule has 0 amide bonds. The second-order valence-corrected chi connectivity index (χ2v) is 4.27. The van der Waals surface area contributed by atoms with E-state index >= 15 is 0 Å². The molecule has 0 spiro atoms. The molecule has 4 nitrogen and oxygen atoms in total. The molecule has 1 fully saturated rings. The molecular formula is C11H19N3O. The van der Waals surface area contributed by atoms with Crippen LogP contribution in [0.3, 0.4) is 0 Å². The smallest absolute Gasteiger partial charge is 0.266 e. The topological polar surface area (TPSA) is 49.8 Å². The summed E-state index contributed by atoms with van der Waals surface area (Å²) in [5.41, 5.74) is 1.14. The average molecular weight is 209 g/mol. The lowest BCUT2D eigenvalue weighted by molar-refractivity contribution is 0.450. The van der Waals surface area contributed by atoms with E-state index in [0.29, 0.717) is 0 Å². The number of rotatable bonds is 4. The van der Waals surface area contributed by atoms with Gasteiger partial charge < -0.3 is 5.32 Å². The van der Waals surface area contributed by atoms with Crippen LogP contribution in [0, 0.1) is 5.92 Å². The Hall–Kier alpha value is -1.03. The molecule has 1 aliphatic rings. The Balaban J connectivity index is 1.92. The van der Waals surface area contributed by atoms with Crippen molar-refractivity contribution in [1.29, 1.82) is 0 Å². The SMILES string of the molecule is CCc1cc(=O)n(CCC2CCNC2)[nH]1. The van der Waals surface area contributed by atoms with Crippen LogP contribution < -0.4 is 10.9 Å². The molecular weight excluding hydrogens is 190 g/mol. The number of nitrogens with one attached hydrogen (secondary N) is 2. The Labute approximate surface area is 89.7 Å². The molecule has 15 heavy (non-hydrogen) atoms. The predicted octanol–water partition coefficient (Wildman–Crippen LogP) is 0.738. The van der Waals surface area contributed by atoms with Gasteiger partial charge in [-0.15, -0.1) is 0 Å². The number of nitrogens with zero attached hydrogens (tertiary/aromatic N) is 1. The highest BCUT2D eigenvalue weighted by Gasteiger charge is 2.14. The zero-order valence-corrected chi connectivity index (χ0v) is 9.25. The van der Waals surface area contributed by atoms with Crippen molar-refractivity contribution in [2.24, 2.45) is 5.92 Å². The van der Waals surface area contributed by atoms with Crippen molar-refractivity contribution in [3.05, 3.63) is 22.1 Å². The summed E-state index contributed by atoms with van der Waals surface area (Å²) in [7, 11) is 0. The van der Waals surface area contributed by atoms with Crippen LogP contribution in [-0.4, -0.2) is 22.9 Å². The van der Waals surface area contributed by atoms with Crippen molar-refractivity contribution < 1.29 is 0 Å². The minimum Gasteiger partial charge on any atom is -0.316 e. The average Bonchev–Trinajstić information content (AvgIpc) is 2.84. The quantitative estimate of drug-likeness (QED) is 0.768. The zero-order chi connectivity index (χ0) is 10.7. The molecule has 1 saturated heterocycles.